The maximum absolute atomic E-state index is 12.5. The fourth-order valence-electron chi connectivity index (χ4n) is 7.51. The summed E-state index contributed by atoms with van der Waals surface area (Å²) in [5, 5.41) is 12.3. The lowest BCUT2D eigenvalue weighted by Crippen LogP contribution is -2.29. The Morgan fingerprint density at radius 3 is 1.59 bits per heavy atom. The minimum absolute atomic E-state index is 0.0298. The molecule has 58 heavy (non-hydrogen) atoms. The average molecular weight is 829 g/mol. The average Bonchev–Trinajstić information content (AvgIpc) is 3.53. The summed E-state index contributed by atoms with van der Waals surface area (Å²) in [6, 6.07) is 16.5. The highest BCUT2D eigenvalue weighted by molar-refractivity contribution is 7.46. The lowest BCUT2D eigenvalue weighted by atomic mass is 9.98. The molecule has 2 aromatic rings. The van der Waals surface area contributed by atoms with Gasteiger partial charge in [0.2, 0.25) is 0 Å². The van der Waals surface area contributed by atoms with E-state index in [0.717, 1.165) is 70.6 Å². The number of fused-ring (bicyclic) bond motifs is 3. The highest BCUT2D eigenvalue weighted by Crippen LogP contribution is 2.44. The number of aliphatic imine (C=N–C) groups is 1. The van der Waals surface area contributed by atoms with Crippen LogP contribution >= 0.6 is 7.82 Å². The van der Waals surface area contributed by atoms with E-state index in [-0.39, 0.29) is 32.0 Å². The lowest BCUT2D eigenvalue weighted by molar-refractivity contribution is -0.251. The van der Waals surface area contributed by atoms with Crippen molar-refractivity contribution in [2.75, 3.05) is 26.4 Å². The third-order valence-corrected chi connectivity index (χ3v) is 11.2. The molecule has 0 amide bonds. The van der Waals surface area contributed by atoms with Crippen LogP contribution in [0.15, 0.2) is 53.5 Å². The van der Waals surface area contributed by atoms with Gasteiger partial charge in [-0.05, 0) is 41.5 Å². The normalized spacial score (nSPS) is 13.3. The summed E-state index contributed by atoms with van der Waals surface area (Å²) in [5.74, 6) is -0.915. The Morgan fingerprint density at radius 2 is 1.09 bits per heavy atom. The molecule has 0 spiro atoms. The number of benzene rings is 2. The number of unbranched alkanes of at least 4 members (excludes halogenated alkanes) is 20. The van der Waals surface area contributed by atoms with E-state index in [4.69, 9.17) is 24.0 Å². The smallest absolute Gasteiger partial charge is 0.469 e. The van der Waals surface area contributed by atoms with Gasteiger partial charge in [-0.2, -0.15) is 0 Å². The fraction of sp³-hybridized carbons (Fsp3) is 0.674. The van der Waals surface area contributed by atoms with Gasteiger partial charge in [0, 0.05) is 31.9 Å². The van der Waals surface area contributed by atoms with Gasteiger partial charge in [0.15, 0.2) is 6.10 Å². The molecule has 11 nitrogen and oxygen atoms in total. The molecular formula is C46H71NO10P-. The van der Waals surface area contributed by atoms with Crippen molar-refractivity contribution < 1.29 is 47.8 Å². The number of nitrogens with zero attached hydrogens (tertiary/aromatic N) is 1. The quantitative estimate of drug-likeness (QED) is 0.0228. The van der Waals surface area contributed by atoms with E-state index in [9.17, 15) is 19.3 Å². The Morgan fingerprint density at radius 1 is 0.638 bits per heavy atom. The van der Waals surface area contributed by atoms with Crippen LogP contribution in [0.5, 0.6) is 0 Å². The van der Waals surface area contributed by atoms with Crippen LogP contribution < -0.4 is 5.11 Å². The number of carbonyl (C=O) groups is 2. The van der Waals surface area contributed by atoms with Crippen LogP contribution in [0.2, 0.25) is 0 Å². The van der Waals surface area contributed by atoms with Crippen molar-refractivity contribution in [3.63, 3.8) is 0 Å². The summed E-state index contributed by atoms with van der Waals surface area (Å²) >= 11 is 0. The van der Waals surface area contributed by atoms with Crippen LogP contribution in [-0.2, 0) is 32.9 Å². The van der Waals surface area contributed by atoms with Gasteiger partial charge in [0.25, 0.3) is 0 Å². The van der Waals surface area contributed by atoms with Gasteiger partial charge in [-0.3, -0.25) is 19.1 Å². The maximum Gasteiger partial charge on any atom is 0.469 e. The van der Waals surface area contributed by atoms with E-state index >= 15 is 0 Å². The molecule has 0 saturated carbocycles. The van der Waals surface area contributed by atoms with E-state index in [0.29, 0.717) is 19.4 Å². The fourth-order valence-corrected chi connectivity index (χ4v) is 7.88. The van der Waals surface area contributed by atoms with Crippen molar-refractivity contribution in [1.82, 2.24) is 0 Å². The third kappa shape index (κ3) is 21.7. The highest BCUT2D eigenvalue weighted by Gasteiger charge is 2.27. The molecule has 0 aromatic heterocycles. The Balaban J connectivity index is 1.16. The zero-order chi connectivity index (χ0) is 41.7. The van der Waals surface area contributed by atoms with Crippen molar-refractivity contribution in [3.8, 4) is 11.1 Å². The van der Waals surface area contributed by atoms with E-state index in [2.05, 4.69) is 40.7 Å². The van der Waals surface area contributed by atoms with Crippen molar-refractivity contribution >= 4 is 25.8 Å². The van der Waals surface area contributed by atoms with Gasteiger partial charge in [-0.25, -0.2) is 4.57 Å². The van der Waals surface area contributed by atoms with Gasteiger partial charge < -0.3 is 29.1 Å². The van der Waals surface area contributed by atoms with Gasteiger partial charge in [-0.1, -0.05) is 177 Å². The summed E-state index contributed by atoms with van der Waals surface area (Å²) in [7, 11) is -4.78. The molecule has 326 valence electrons. The SMILES string of the molecule is CCCCCCCCCCCCCCCC(=O)OC[C@H](COP(=O)(O)O)OC(=O)CCCCCCCCCCCN=C([O-])OCC1c2ccccc2-c2ccccc21. The molecule has 1 aliphatic rings. The lowest BCUT2D eigenvalue weighted by Gasteiger charge is -2.21. The van der Waals surface area contributed by atoms with Crippen molar-refractivity contribution in [2.45, 2.75) is 173 Å². The summed E-state index contributed by atoms with van der Waals surface area (Å²) in [5.41, 5.74) is 4.76. The molecule has 0 heterocycles. The molecule has 1 atom stereocenters. The zero-order valence-corrected chi connectivity index (χ0v) is 36.0. The monoisotopic (exact) mass is 828 g/mol. The second kappa shape index (κ2) is 29.9. The first kappa shape index (κ1) is 49.1. The number of hydrogen-bond donors (Lipinski definition) is 2. The standard InChI is InChI=1S/C46H72NO10P/c1-2-3-4-5-6-7-8-9-10-12-15-18-21-32-44(48)54-35-38(36-56-58(51,52)53)57-45(49)33-22-19-16-13-11-14-17-20-27-34-47-46(50)55-37-43-41-30-25-23-28-39(41)40-29-24-26-31-42(40)43/h23-26,28-31,38,43H,2-22,27,32-37H2,1H3,(H,47,50)(H2,51,52,53)/p-1/t38-/m1/s1. The molecule has 2 N–H and O–H groups in total. The summed E-state index contributed by atoms with van der Waals surface area (Å²) in [6.07, 6.45) is 23.1. The molecule has 0 aliphatic heterocycles. The van der Waals surface area contributed by atoms with Crippen LogP contribution in [0.25, 0.3) is 11.1 Å². The van der Waals surface area contributed by atoms with E-state index in [1.165, 1.54) is 80.0 Å². The minimum Gasteiger partial charge on any atom is -0.599 e. The van der Waals surface area contributed by atoms with Crippen molar-refractivity contribution in [2.24, 2.45) is 4.99 Å². The molecule has 12 heteroatoms. The highest BCUT2D eigenvalue weighted by atomic mass is 31.2. The van der Waals surface area contributed by atoms with Crippen LogP contribution in [0.1, 0.15) is 178 Å². The largest absolute Gasteiger partial charge is 0.599 e. The van der Waals surface area contributed by atoms with Gasteiger partial charge >= 0.3 is 19.8 Å². The molecule has 3 rings (SSSR count). The van der Waals surface area contributed by atoms with Crippen molar-refractivity contribution in [1.29, 1.82) is 0 Å². The van der Waals surface area contributed by atoms with Crippen LogP contribution in [0.4, 0.5) is 0 Å². The number of phosphoric ester groups is 1. The Hall–Kier alpha value is -3.24. The minimum atomic E-state index is -4.78. The predicted molar refractivity (Wildman–Crippen MR) is 227 cm³/mol. The number of carbonyl (C=O) groups excluding carboxylic acids is 2. The third-order valence-electron chi connectivity index (χ3n) is 10.8. The number of ether oxygens (including phenoxy) is 3. The zero-order valence-electron chi connectivity index (χ0n) is 35.1. The Labute approximate surface area is 347 Å². The Kier molecular flexibility index (Phi) is 25.3. The molecule has 0 radical (unpaired) electrons. The number of rotatable bonds is 34. The van der Waals surface area contributed by atoms with Crippen molar-refractivity contribution in [3.05, 3.63) is 59.7 Å². The first-order chi connectivity index (χ1) is 28.2. The number of esters is 2. The molecule has 1 aliphatic carbocycles. The summed E-state index contributed by atoms with van der Waals surface area (Å²) in [4.78, 5) is 47.1. The molecule has 0 bridgehead atoms. The molecule has 0 fully saturated rings. The summed E-state index contributed by atoms with van der Waals surface area (Å²) in [6.45, 7) is 2.10. The second-order valence-corrected chi connectivity index (χ2v) is 16.9. The topological polar surface area (TPSA) is 164 Å². The molecule has 0 unspecified atom stereocenters. The van der Waals surface area contributed by atoms with Crippen LogP contribution in [0, 0.1) is 0 Å². The predicted octanol–water partition coefficient (Wildman–Crippen LogP) is 10.5. The second-order valence-electron chi connectivity index (χ2n) is 15.7. The number of hydrogen-bond acceptors (Lipinski definition) is 9. The van der Waals surface area contributed by atoms with Crippen LogP contribution in [0.3, 0.4) is 0 Å². The summed E-state index contributed by atoms with van der Waals surface area (Å²) < 4.78 is 32.0. The Bertz CT molecular complexity index is 1470. The number of phosphoric acid groups is 1. The maximum atomic E-state index is 12.5. The van der Waals surface area contributed by atoms with Crippen LogP contribution in [-0.4, -0.2) is 60.3 Å². The molecular weight excluding hydrogens is 757 g/mol. The van der Waals surface area contributed by atoms with Gasteiger partial charge in [0.05, 0.1) is 6.61 Å². The molecule has 2 aromatic carbocycles. The first-order valence-corrected chi connectivity index (χ1v) is 23.8. The first-order valence-electron chi connectivity index (χ1n) is 22.3. The van der Waals surface area contributed by atoms with E-state index < -0.39 is 38.6 Å². The van der Waals surface area contributed by atoms with Gasteiger partial charge in [-0.15, -0.1) is 0 Å². The van der Waals surface area contributed by atoms with E-state index in [1.54, 1.807) is 0 Å². The molecule has 0 saturated heterocycles. The van der Waals surface area contributed by atoms with E-state index in [1.807, 2.05) is 24.3 Å². The van der Waals surface area contributed by atoms with Gasteiger partial charge in [0.1, 0.15) is 12.7 Å².